The normalized spacial score (nSPS) is 21.8. The molecule has 1 aliphatic rings. The number of nitrogens with zero attached hydrogens (tertiary/aromatic N) is 1. The Balaban J connectivity index is 1.87. The lowest BCUT2D eigenvalue weighted by Gasteiger charge is -2.35. The topological polar surface area (TPSA) is 36.6 Å². The molecule has 0 bridgehead atoms. The molecule has 0 amide bonds. The SMILES string of the molecule is CC1(O)CCN(Cc2coc(Br)c2)CC1. The average Bonchev–Trinajstić information content (AvgIpc) is 2.55. The lowest BCUT2D eigenvalue weighted by Crippen LogP contribution is -2.41. The van der Waals surface area contributed by atoms with Gasteiger partial charge < -0.3 is 9.52 Å². The van der Waals surface area contributed by atoms with E-state index in [2.05, 4.69) is 20.8 Å². The summed E-state index contributed by atoms with van der Waals surface area (Å²) in [5.74, 6) is 0. The molecule has 1 N–H and O–H groups in total. The molecule has 0 radical (unpaired) electrons. The van der Waals surface area contributed by atoms with Crippen LogP contribution in [0.5, 0.6) is 0 Å². The Morgan fingerprint density at radius 3 is 2.73 bits per heavy atom. The summed E-state index contributed by atoms with van der Waals surface area (Å²) >= 11 is 3.29. The van der Waals surface area contributed by atoms with E-state index in [1.54, 1.807) is 6.26 Å². The molecule has 1 aromatic heterocycles. The maximum atomic E-state index is 9.81. The van der Waals surface area contributed by atoms with Gasteiger partial charge in [0.15, 0.2) is 4.67 Å². The molecule has 2 heterocycles. The van der Waals surface area contributed by atoms with E-state index < -0.39 is 5.60 Å². The molecule has 1 saturated heterocycles. The first-order valence-electron chi connectivity index (χ1n) is 5.23. The van der Waals surface area contributed by atoms with E-state index in [1.807, 2.05) is 13.0 Å². The largest absolute Gasteiger partial charge is 0.457 e. The van der Waals surface area contributed by atoms with Gasteiger partial charge >= 0.3 is 0 Å². The summed E-state index contributed by atoms with van der Waals surface area (Å²) in [6.07, 6.45) is 3.48. The molecular formula is C11H16BrNO2. The second kappa shape index (κ2) is 4.28. The van der Waals surface area contributed by atoms with Gasteiger partial charge in [-0.1, -0.05) is 0 Å². The fraction of sp³-hybridized carbons (Fsp3) is 0.636. The van der Waals surface area contributed by atoms with Crippen LogP contribution >= 0.6 is 15.9 Å². The first kappa shape index (κ1) is 11.2. The molecule has 0 aromatic carbocycles. The van der Waals surface area contributed by atoms with Gasteiger partial charge in [0.05, 0.1) is 11.9 Å². The quantitative estimate of drug-likeness (QED) is 0.899. The second-order valence-electron chi connectivity index (χ2n) is 4.53. The Bertz CT molecular complexity index is 325. The highest BCUT2D eigenvalue weighted by atomic mass is 79.9. The van der Waals surface area contributed by atoms with Gasteiger partial charge in [-0.3, -0.25) is 4.90 Å². The Kier molecular flexibility index (Phi) is 3.19. The average molecular weight is 274 g/mol. The van der Waals surface area contributed by atoms with Crippen molar-refractivity contribution in [1.29, 1.82) is 0 Å². The van der Waals surface area contributed by atoms with E-state index in [9.17, 15) is 5.11 Å². The number of aliphatic hydroxyl groups is 1. The number of rotatable bonds is 2. The number of piperidine rings is 1. The van der Waals surface area contributed by atoms with Gasteiger partial charge in [0.2, 0.25) is 0 Å². The third kappa shape index (κ3) is 3.06. The van der Waals surface area contributed by atoms with Gasteiger partial charge in [-0.25, -0.2) is 0 Å². The fourth-order valence-electron chi connectivity index (χ4n) is 1.88. The minimum Gasteiger partial charge on any atom is -0.457 e. The van der Waals surface area contributed by atoms with Crippen LogP contribution in [0.25, 0.3) is 0 Å². The molecule has 1 fully saturated rings. The Morgan fingerprint density at radius 2 is 2.20 bits per heavy atom. The van der Waals surface area contributed by atoms with E-state index in [-0.39, 0.29) is 0 Å². The van der Waals surface area contributed by atoms with Crippen molar-refractivity contribution in [3.05, 3.63) is 22.6 Å². The fourth-order valence-corrected chi connectivity index (χ4v) is 2.27. The lowest BCUT2D eigenvalue weighted by atomic mass is 9.94. The third-order valence-corrected chi connectivity index (χ3v) is 3.38. The van der Waals surface area contributed by atoms with E-state index in [0.717, 1.165) is 37.1 Å². The van der Waals surface area contributed by atoms with Crippen molar-refractivity contribution in [1.82, 2.24) is 4.90 Å². The molecule has 15 heavy (non-hydrogen) atoms. The van der Waals surface area contributed by atoms with Crippen LogP contribution in [0.3, 0.4) is 0 Å². The predicted molar refractivity (Wildman–Crippen MR) is 61.5 cm³/mol. The molecule has 0 aliphatic carbocycles. The van der Waals surface area contributed by atoms with Gasteiger partial charge in [-0.05, 0) is 41.8 Å². The summed E-state index contributed by atoms with van der Waals surface area (Å²) in [4.78, 5) is 2.34. The van der Waals surface area contributed by atoms with Crippen molar-refractivity contribution in [2.45, 2.75) is 31.9 Å². The van der Waals surface area contributed by atoms with Crippen molar-refractivity contribution in [3.8, 4) is 0 Å². The summed E-state index contributed by atoms with van der Waals surface area (Å²) in [6.45, 7) is 4.73. The Labute approximate surface area is 98.2 Å². The smallest absolute Gasteiger partial charge is 0.169 e. The number of likely N-dealkylation sites (tertiary alicyclic amines) is 1. The van der Waals surface area contributed by atoms with Crippen LogP contribution in [0.4, 0.5) is 0 Å². The molecule has 0 saturated carbocycles. The predicted octanol–water partition coefficient (Wildman–Crippen LogP) is 2.39. The molecule has 3 nitrogen and oxygen atoms in total. The van der Waals surface area contributed by atoms with E-state index in [1.165, 1.54) is 5.56 Å². The lowest BCUT2D eigenvalue weighted by molar-refractivity contribution is -0.00732. The van der Waals surface area contributed by atoms with Crippen molar-refractivity contribution in [2.75, 3.05) is 13.1 Å². The highest BCUT2D eigenvalue weighted by Crippen LogP contribution is 2.23. The number of halogens is 1. The van der Waals surface area contributed by atoms with E-state index in [0.29, 0.717) is 0 Å². The van der Waals surface area contributed by atoms with Crippen LogP contribution in [-0.2, 0) is 6.54 Å². The highest BCUT2D eigenvalue weighted by Gasteiger charge is 2.27. The van der Waals surface area contributed by atoms with Crippen LogP contribution in [0.15, 0.2) is 21.4 Å². The highest BCUT2D eigenvalue weighted by molar-refractivity contribution is 9.10. The summed E-state index contributed by atoms with van der Waals surface area (Å²) in [7, 11) is 0. The summed E-state index contributed by atoms with van der Waals surface area (Å²) in [5.41, 5.74) is 0.719. The monoisotopic (exact) mass is 273 g/mol. The first-order chi connectivity index (χ1) is 7.05. The summed E-state index contributed by atoms with van der Waals surface area (Å²) in [6, 6.07) is 1.99. The maximum Gasteiger partial charge on any atom is 0.169 e. The zero-order valence-corrected chi connectivity index (χ0v) is 10.5. The van der Waals surface area contributed by atoms with Crippen molar-refractivity contribution < 1.29 is 9.52 Å². The zero-order valence-electron chi connectivity index (χ0n) is 8.87. The van der Waals surface area contributed by atoms with Gasteiger partial charge in [-0.2, -0.15) is 0 Å². The van der Waals surface area contributed by atoms with Crippen LogP contribution in [0.1, 0.15) is 25.3 Å². The number of hydrogen-bond acceptors (Lipinski definition) is 3. The standard InChI is InChI=1S/C11H16BrNO2/c1-11(14)2-4-13(5-3-11)7-9-6-10(12)15-8-9/h6,8,14H,2-5,7H2,1H3. The van der Waals surface area contributed by atoms with Gasteiger partial charge in [-0.15, -0.1) is 0 Å². The van der Waals surface area contributed by atoms with Crippen LogP contribution < -0.4 is 0 Å². The Morgan fingerprint density at radius 1 is 1.53 bits per heavy atom. The number of furan rings is 1. The molecule has 0 atom stereocenters. The van der Waals surface area contributed by atoms with Crippen LogP contribution in [0, 0.1) is 0 Å². The summed E-state index contributed by atoms with van der Waals surface area (Å²) < 4.78 is 5.97. The first-order valence-corrected chi connectivity index (χ1v) is 6.02. The minimum atomic E-state index is -0.465. The Hall–Kier alpha value is -0.320. The van der Waals surface area contributed by atoms with Gasteiger partial charge in [0.1, 0.15) is 0 Å². The van der Waals surface area contributed by atoms with Crippen molar-refractivity contribution in [2.24, 2.45) is 0 Å². The second-order valence-corrected chi connectivity index (χ2v) is 5.31. The van der Waals surface area contributed by atoms with E-state index in [4.69, 9.17) is 4.42 Å². The summed E-state index contributed by atoms with van der Waals surface area (Å²) in [5, 5.41) is 9.81. The van der Waals surface area contributed by atoms with Crippen LogP contribution in [-0.4, -0.2) is 28.7 Å². The molecule has 2 rings (SSSR count). The van der Waals surface area contributed by atoms with Crippen molar-refractivity contribution >= 4 is 15.9 Å². The number of hydrogen-bond donors (Lipinski definition) is 1. The minimum absolute atomic E-state index is 0.465. The molecule has 1 aliphatic heterocycles. The molecule has 0 spiro atoms. The molecule has 1 aromatic rings. The molecule has 0 unspecified atom stereocenters. The molecular weight excluding hydrogens is 258 g/mol. The van der Waals surface area contributed by atoms with E-state index >= 15 is 0 Å². The van der Waals surface area contributed by atoms with Gasteiger partial charge in [0, 0.05) is 25.2 Å². The zero-order chi connectivity index (χ0) is 10.9. The third-order valence-electron chi connectivity index (χ3n) is 2.96. The van der Waals surface area contributed by atoms with Gasteiger partial charge in [0.25, 0.3) is 0 Å². The van der Waals surface area contributed by atoms with Crippen molar-refractivity contribution in [3.63, 3.8) is 0 Å². The molecule has 84 valence electrons. The molecule has 4 heteroatoms. The maximum absolute atomic E-state index is 9.81. The van der Waals surface area contributed by atoms with Crippen LogP contribution in [0.2, 0.25) is 0 Å².